The second-order valence-corrected chi connectivity index (χ2v) is 5.17. The number of nitrogens with one attached hydrogen (secondary N) is 1. The largest absolute Gasteiger partial charge is 0.378 e. The number of nitrogens with two attached hydrogens (primary N) is 1. The van der Waals surface area contributed by atoms with Crippen LogP contribution in [0.2, 0.25) is 0 Å². The fraction of sp³-hybridized carbons (Fsp3) is 0.231. The Bertz CT molecular complexity index is 580. The van der Waals surface area contributed by atoms with Crippen LogP contribution in [0.25, 0.3) is 0 Å². The molecule has 19 heavy (non-hydrogen) atoms. The minimum atomic E-state index is -0.216. The van der Waals surface area contributed by atoms with Crippen LogP contribution in [0.15, 0.2) is 29.6 Å². The highest BCUT2D eigenvalue weighted by Gasteiger charge is 2.10. The molecule has 0 fully saturated rings. The molecule has 0 aliphatic heterocycles. The molecule has 0 unspecified atom stereocenters. The third-order valence-electron chi connectivity index (χ3n) is 2.58. The molecule has 0 bridgehead atoms. The van der Waals surface area contributed by atoms with Crippen molar-refractivity contribution in [3.05, 3.63) is 40.3 Å². The average Bonchev–Trinajstić information content (AvgIpc) is 2.88. The number of hydrogen-bond donors (Lipinski definition) is 2. The smallest absolute Gasteiger partial charge is 0.275 e. The van der Waals surface area contributed by atoms with E-state index in [1.54, 1.807) is 5.38 Å². The molecule has 0 saturated carbocycles. The molecule has 0 atom stereocenters. The summed E-state index contributed by atoms with van der Waals surface area (Å²) in [7, 11) is 3.91. The fourth-order valence-corrected chi connectivity index (χ4v) is 2.22. The monoisotopic (exact) mass is 276 g/mol. The Labute approximate surface area is 116 Å². The van der Waals surface area contributed by atoms with Crippen molar-refractivity contribution >= 4 is 28.6 Å². The van der Waals surface area contributed by atoms with Gasteiger partial charge in [0.15, 0.2) is 0 Å². The van der Waals surface area contributed by atoms with Crippen LogP contribution in [0.3, 0.4) is 0 Å². The lowest BCUT2D eigenvalue weighted by Gasteiger charge is -2.13. The quantitative estimate of drug-likeness (QED) is 0.895. The van der Waals surface area contributed by atoms with Gasteiger partial charge in [0.1, 0.15) is 10.7 Å². The fourth-order valence-electron chi connectivity index (χ4n) is 1.57. The van der Waals surface area contributed by atoms with Crippen molar-refractivity contribution in [1.82, 2.24) is 4.98 Å². The van der Waals surface area contributed by atoms with Gasteiger partial charge in [-0.2, -0.15) is 0 Å². The molecule has 100 valence electrons. The molecule has 0 aliphatic carbocycles. The van der Waals surface area contributed by atoms with E-state index in [2.05, 4.69) is 10.3 Å². The van der Waals surface area contributed by atoms with E-state index >= 15 is 0 Å². The molecule has 6 heteroatoms. The first-order valence-corrected chi connectivity index (χ1v) is 6.71. The Balaban J connectivity index is 2.12. The molecule has 1 aromatic heterocycles. The van der Waals surface area contributed by atoms with Gasteiger partial charge in [0.2, 0.25) is 0 Å². The topological polar surface area (TPSA) is 71.2 Å². The van der Waals surface area contributed by atoms with Crippen molar-refractivity contribution in [2.24, 2.45) is 5.73 Å². The summed E-state index contributed by atoms with van der Waals surface area (Å²) in [5.41, 5.74) is 7.66. The second-order valence-electron chi connectivity index (χ2n) is 4.23. The molecule has 0 spiro atoms. The van der Waals surface area contributed by atoms with Crippen molar-refractivity contribution in [2.75, 3.05) is 24.3 Å². The van der Waals surface area contributed by atoms with Gasteiger partial charge < -0.3 is 16.0 Å². The molecule has 1 amide bonds. The van der Waals surface area contributed by atoms with Crippen molar-refractivity contribution in [3.63, 3.8) is 0 Å². The molecule has 3 N–H and O–H groups in total. The van der Waals surface area contributed by atoms with Gasteiger partial charge in [-0.1, -0.05) is 6.07 Å². The lowest BCUT2D eigenvalue weighted by atomic mass is 10.2. The van der Waals surface area contributed by atoms with E-state index in [9.17, 15) is 4.79 Å². The summed E-state index contributed by atoms with van der Waals surface area (Å²) >= 11 is 1.39. The number of thiazole rings is 1. The van der Waals surface area contributed by atoms with E-state index in [1.165, 1.54) is 11.3 Å². The van der Waals surface area contributed by atoms with Gasteiger partial charge >= 0.3 is 0 Å². The predicted molar refractivity (Wildman–Crippen MR) is 78.7 cm³/mol. The normalized spacial score (nSPS) is 10.3. The van der Waals surface area contributed by atoms with Gasteiger partial charge in [-0.25, -0.2) is 4.98 Å². The van der Waals surface area contributed by atoms with E-state index in [1.807, 2.05) is 43.3 Å². The zero-order chi connectivity index (χ0) is 13.8. The number of nitrogens with zero attached hydrogens (tertiary/aromatic N) is 2. The van der Waals surface area contributed by atoms with Gasteiger partial charge in [0.25, 0.3) is 5.91 Å². The Morgan fingerprint density at radius 1 is 1.47 bits per heavy atom. The minimum Gasteiger partial charge on any atom is -0.378 e. The summed E-state index contributed by atoms with van der Waals surface area (Å²) in [4.78, 5) is 18.1. The zero-order valence-electron chi connectivity index (χ0n) is 10.9. The number of rotatable bonds is 4. The highest BCUT2D eigenvalue weighted by Crippen LogP contribution is 2.18. The van der Waals surface area contributed by atoms with Crippen molar-refractivity contribution < 1.29 is 4.79 Å². The molecule has 0 radical (unpaired) electrons. The zero-order valence-corrected chi connectivity index (χ0v) is 11.7. The number of benzene rings is 1. The predicted octanol–water partition coefficient (Wildman–Crippen LogP) is 1.92. The molecule has 2 aromatic rings. The molecule has 1 heterocycles. The summed E-state index contributed by atoms with van der Waals surface area (Å²) in [6.45, 7) is 0.355. The molecule has 0 aliphatic rings. The highest BCUT2D eigenvalue weighted by atomic mass is 32.1. The number of aromatic nitrogens is 1. The van der Waals surface area contributed by atoms with Gasteiger partial charge in [-0.15, -0.1) is 11.3 Å². The van der Waals surface area contributed by atoms with Crippen LogP contribution >= 0.6 is 11.3 Å². The third-order valence-corrected chi connectivity index (χ3v) is 3.45. The van der Waals surface area contributed by atoms with Crippen LogP contribution in [0.4, 0.5) is 11.4 Å². The first kappa shape index (κ1) is 13.5. The van der Waals surface area contributed by atoms with Crippen LogP contribution < -0.4 is 16.0 Å². The van der Waals surface area contributed by atoms with E-state index in [0.717, 1.165) is 16.4 Å². The number of carbonyl (C=O) groups excluding carboxylic acids is 1. The first-order valence-electron chi connectivity index (χ1n) is 5.83. The minimum absolute atomic E-state index is 0.216. The van der Waals surface area contributed by atoms with Crippen LogP contribution in [-0.2, 0) is 6.54 Å². The number of carbonyl (C=O) groups is 1. The Morgan fingerprint density at radius 2 is 2.26 bits per heavy atom. The van der Waals surface area contributed by atoms with Crippen molar-refractivity contribution in [2.45, 2.75) is 6.54 Å². The molecule has 2 rings (SSSR count). The van der Waals surface area contributed by atoms with E-state index < -0.39 is 0 Å². The van der Waals surface area contributed by atoms with Gasteiger partial charge in [0.05, 0.1) is 0 Å². The van der Waals surface area contributed by atoms with Crippen LogP contribution in [0.1, 0.15) is 15.5 Å². The maximum absolute atomic E-state index is 12.0. The lowest BCUT2D eigenvalue weighted by Crippen LogP contribution is -2.14. The van der Waals surface area contributed by atoms with Crippen LogP contribution in [0.5, 0.6) is 0 Å². The van der Waals surface area contributed by atoms with Crippen molar-refractivity contribution in [3.8, 4) is 0 Å². The number of hydrogen-bond acceptors (Lipinski definition) is 5. The lowest BCUT2D eigenvalue weighted by molar-refractivity contribution is 0.102. The van der Waals surface area contributed by atoms with Crippen LogP contribution in [-0.4, -0.2) is 25.0 Å². The standard InChI is InChI=1S/C13H16N4OS/c1-17(2)10-5-3-4-9(6-10)15-13(18)11-8-19-12(7-14)16-11/h3-6,8H,7,14H2,1-2H3,(H,15,18). The summed E-state index contributed by atoms with van der Waals surface area (Å²) in [6.07, 6.45) is 0. The molecule has 0 saturated heterocycles. The van der Waals surface area contributed by atoms with Gasteiger partial charge in [0, 0.05) is 37.4 Å². The maximum Gasteiger partial charge on any atom is 0.275 e. The van der Waals surface area contributed by atoms with Gasteiger partial charge in [-0.05, 0) is 18.2 Å². The molecular weight excluding hydrogens is 260 g/mol. The van der Waals surface area contributed by atoms with E-state index in [0.29, 0.717) is 12.2 Å². The number of anilines is 2. The first-order chi connectivity index (χ1) is 9.10. The highest BCUT2D eigenvalue weighted by molar-refractivity contribution is 7.09. The summed E-state index contributed by atoms with van der Waals surface area (Å²) < 4.78 is 0. The Kier molecular flexibility index (Phi) is 4.13. The summed E-state index contributed by atoms with van der Waals surface area (Å²) in [5, 5.41) is 5.30. The molecule has 5 nitrogen and oxygen atoms in total. The SMILES string of the molecule is CN(C)c1cccc(NC(=O)c2csc(CN)n2)c1. The van der Waals surface area contributed by atoms with Gasteiger partial charge in [-0.3, -0.25) is 4.79 Å². The Hall–Kier alpha value is -1.92. The maximum atomic E-state index is 12.0. The molecular formula is C13H16N4OS. The summed E-state index contributed by atoms with van der Waals surface area (Å²) in [5.74, 6) is -0.216. The second kappa shape index (κ2) is 5.81. The third kappa shape index (κ3) is 3.30. The average molecular weight is 276 g/mol. The van der Waals surface area contributed by atoms with Crippen molar-refractivity contribution in [1.29, 1.82) is 0 Å². The number of amides is 1. The molecule has 1 aromatic carbocycles. The summed E-state index contributed by atoms with van der Waals surface area (Å²) in [6, 6.07) is 7.64. The Morgan fingerprint density at radius 3 is 2.89 bits per heavy atom. The van der Waals surface area contributed by atoms with Crippen LogP contribution in [0, 0.1) is 0 Å². The van der Waals surface area contributed by atoms with E-state index in [4.69, 9.17) is 5.73 Å². The van der Waals surface area contributed by atoms with E-state index in [-0.39, 0.29) is 5.91 Å².